The molecule has 0 radical (unpaired) electrons. The lowest BCUT2D eigenvalue weighted by molar-refractivity contribution is -0.135. The van der Waals surface area contributed by atoms with E-state index in [1.807, 2.05) is 6.92 Å². The summed E-state index contributed by atoms with van der Waals surface area (Å²) >= 11 is 0. The first-order valence-corrected chi connectivity index (χ1v) is 13.5. The lowest BCUT2D eigenvalue weighted by atomic mass is 10.0. The van der Waals surface area contributed by atoms with Gasteiger partial charge in [0.2, 0.25) is 0 Å². The van der Waals surface area contributed by atoms with Crippen LogP contribution in [0.15, 0.2) is 11.3 Å². The molecule has 1 fully saturated rings. The highest BCUT2D eigenvalue weighted by Crippen LogP contribution is 2.55. The fraction of sp³-hybridized carbons (Fsp3) is 0.870. The quantitative estimate of drug-likeness (QED) is 0.144. The molecule has 0 saturated carbocycles. The predicted octanol–water partition coefficient (Wildman–Crippen LogP) is 7.09. The van der Waals surface area contributed by atoms with Crippen molar-refractivity contribution in [3.05, 3.63) is 11.3 Å². The van der Waals surface area contributed by atoms with E-state index in [1.54, 1.807) is 0 Å². The van der Waals surface area contributed by atoms with Gasteiger partial charge in [-0.15, -0.1) is 0 Å². The van der Waals surface area contributed by atoms with Crippen LogP contribution in [0.3, 0.4) is 0 Å². The van der Waals surface area contributed by atoms with Gasteiger partial charge in [0, 0.05) is 6.42 Å². The van der Waals surface area contributed by atoms with E-state index >= 15 is 0 Å². The second-order valence-electron chi connectivity index (χ2n) is 8.40. The van der Waals surface area contributed by atoms with Crippen molar-refractivity contribution in [3.8, 4) is 0 Å². The molecule has 1 saturated heterocycles. The highest BCUT2D eigenvalue weighted by Gasteiger charge is 2.42. The maximum absolute atomic E-state index is 12.8. The maximum atomic E-state index is 12.8. The predicted molar refractivity (Wildman–Crippen MR) is 118 cm³/mol. The molecule has 0 aromatic heterocycles. The molecule has 7 heteroatoms. The molecule has 0 aromatic carbocycles. The smallest absolute Gasteiger partial charge is 0.461 e. The van der Waals surface area contributed by atoms with Gasteiger partial charge >= 0.3 is 13.8 Å². The van der Waals surface area contributed by atoms with Gasteiger partial charge in [-0.05, 0) is 6.42 Å². The van der Waals surface area contributed by atoms with Crippen LogP contribution < -0.4 is 0 Å². The third-order valence-electron chi connectivity index (χ3n) is 5.82. The van der Waals surface area contributed by atoms with E-state index in [4.69, 9.17) is 18.3 Å². The van der Waals surface area contributed by atoms with Crippen LogP contribution in [0, 0.1) is 5.92 Å². The number of hydrogen-bond donors (Lipinski definition) is 0. The number of cyclic esters (lactones) is 1. The van der Waals surface area contributed by atoms with Crippen LogP contribution >= 0.6 is 7.82 Å². The van der Waals surface area contributed by atoms with Gasteiger partial charge in [-0.2, -0.15) is 0 Å². The molecule has 0 bridgehead atoms. The summed E-state index contributed by atoms with van der Waals surface area (Å²) in [6.45, 7) is 4.83. The summed E-state index contributed by atoms with van der Waals surface area (Å²) in [5.41, 5.74) is 0.458. The third kappa shape index (κ3) is 8.72. The van der Waals surface area contributed by atoms with Gasteiger partial charge in [-0.3, -0.25) is 9.05 Å². The molecule has 0 amide bonds. The second-order valence-corrected chi connectivity index (χ2v) is 9.99. The molecule has 0 N–H and O–H groups in total. The largest absolute Gasteiger partial charge is 0.529 e. The van der Waals surface area contributed by atoms with Crippen LogP contribution in [-0.4, -0.2) is 25.8 Å². The minimum atomic E-state index is -3.66. The van der Waals surface area contributed by atoms with Crippen molar-refractivity contribution >= 4 is 13.8 Å². The Labute approximate surface area is 182 Å². The molecule has 2 atom stereocenters. The van der Waals surface area contributed by atoms with E-state index in [-0.39, 0.29) is 19.1 Å². The number of phosphoric ester groups is 1. The molecule has 0 aromatic rings. The van der Waals surface area contributed by atoms with Crippen molar-refractivity contribution in [2.45, 2.75) is 104 Å². The Morgan fingerprint density at radius 2 is 1.43 bits per heavy atom. The normalized spacial score (nSPS) is 23.8. The Bertz CT molecular complexity index is 588. The minimum absolute atomic E-state index is 0.125. The van der Waals surface area contributed by atoms with Crippen LogP contribution in [0.1, 0.15) is 104 Å². The topological polar surface area (TPSA) is 71.1 Å². The summed E-state index contributed by atoms with van der Waals surface area (Å²) in [7, 11) is -3.66. The zero-order valence-electron chi connectivity index (χ0n) is 19.0. The van der Waals surface area contributed by atoms with Crippen LogP contribution in [0.5, 0.6) is 0 Å². The number of unbranched alkanes of at least 4 members (excludes halogenated alkanes) is 12. The summed E-state index contributed by atoms with van der Waals surface area (Å²) < 4.78 is 34.4. The molecule has 2 aliphatic rings. The second kappa shape index (κ2) is 14.3. The first-order chi connectivity index (χ1) is 14.6. The Hall–Kier alpha value is -0.840. The van der Waals surface area contributed by atoms with Crippen LogP contribution in [0.2, 0.25) is 0 Å². The van der Waals surface area contributed by atoms with E-state index in [0.29, 0.717) is 24.4 Å². The Kier molecular flexibility index (Phi) is 12.1. The van der Waals surface area contributed by atoms with Gasteiger partial charge in [-0.1, -0.05) is 90.9 Å². The van der Waals surface area contributed by atoms with Crippen LogP contribution in [-0.2, 0) is 27.7 Å². The van der Waals surface area contributed by atoms with Crippen LogP contribution in [0.25, 0.3) is 0 Å². The van der Waals surface area contributed by atoms with E-state index in [1.165, 1.54) is 70.6 Å². The van der Waals surface area contributed by atoms with Crippen molar-refractivity contribution in [2.75, 3.05) is 19.8 Å². The van der Waals surface area contributed by atoms with Gasteiger partial charge < -0.3 is 9.26 Å². The summed E-state index contributed by atoms with van der Waals surface area (Å²) in [6, 6.07) is 0. The number of ether oxygens (including phenoxy) is 1. The summed E-state index contributed by atoms with van der Waals surface area (Å²) in [4.78, 5) is 11.9. The van der Waals surface area contributed by atoms with Crippen molar-refractivity contribution in [2.24, 2.45) is 5.92 Å². The van der Waals surface area contributed by atoms with Crippen molar-refractivity contribution in [1.29, 1.82) is 0 Å². The number of allylic oxidation sites excluding steroid dienone is 1. The van der Waals surface area contributed by atoms with E-state index < -0.39 is 13.8 Å². The van der Waals surface area contributed by atoms with Gasteiger partial charge in [0.1, 0.15) is 12.4 Å². The number of hydrogen-bond acceptors (Lipinski definition) is 6. The summed E-state index contributed by atoms with van der Waals surface area (Å²) in [5.74, 6) is -0.234. The molecule has 2 aliphatic heterocycles. The van der Waals surface area contributed by atoms with Crippen molar-refractivity contribution < 1.29 is 27.7 Å². The van der Waals surface area contributed by atoms with Gasteiger partial charge in [-0.25, -0.2) is 9.36 Å². The fourth-order valence-electron chi connectivity index (χ4n) is 3.98. The monoisotopic (exact) mass is 444 g/mol. The maximum Gasteiger partial charge on any atom is 0.529 e. The number of esters is 1. The van der Waals surface area contributed by atoms with E-state index in [2.05, 4.69) is 6.92 Å². The summed E-state index contributed by atoms with van der Waals surface area (Å²) in [5, 5.41) is 0. The highest BCUT2D eigenvalue weighted by molar-refractivity contribution is 7.48. The fourth-order valence-corrected chi connectivity index (χ4v) is 5.38. The van der Waals surface area contributed by atoms with Crippen LogP contribution in [0.4, 0.5) is 0 Å². The molecule has 30 heavy (non-hydrogen) atoms. The first kappa shape index (κ1) is 25.4. The third-order valence-corrected chi connectivity index (χ3v) is 7.23. The molecule has 174 valence electrons. The Balaban J connectivity index is 1.52. The van der Waals surface area contributed by atoms with Gasteiger partial charge in [0.15, 0.2) is 0 Å². The minimum Gasteiger partial charge on any atom is -0.461 e. The molecule has 2 rings (SSSR count). The molecule has 0 spiro atoms. The van der Waals surface area contributed by atoms with E-state index in [9.17, 15) is 9.36 Å². The molecular formula is C23H41O6P. The summed E-state index contributed by atoms with van der Waals surface area (Å²) in [6.07, 6.45) is 17.0. The van der Waals surface area contributed by atoms with Crippen molar-refractivity contribution in [1.82, 2.24) is 0 Å². The highest BCUT2D eigenvalue weighted by atomic mass is 31.2. The molecule has 2 heterocycles. The van der Waals surface area contributed by atoms with E-state index in [0.717, 1.165) is 12.8 Å². The van der Waals surface area contributed by atoms with Gasteiger partial charge in [0.25, 0.3) is 0 Å². The zero-order valence-corrected chi connectivity index (χ0v) is 19.9. The molecule has 0 unspecified atom stereocenters. The lowest BCUT2D eigenvalue weighted by Crippen LogP contribution is -2.10. The average Bonchev–Trinajstić information content (AvgIpc) is 3.04. The SMILES string of the molecule is CCCCCCCCCCCCCCCO[P@]1(=O)OC[C@@H]2COC(=O)C2=C(CC)O1. The lowest BCUT2D eigenvalue weighted by Gasteiger charge is -2.17. The number of phosphoric acid groups is 1. The number of rotatable bonds is 16. The molecule has 0 aliphatic carbocycles. The number of carbonyl (C=O) groups excluding carboxylic acids is 1. The molecular weight excluding hydrogens is 403 g/mol. The van der Waals surface area contributed by atoms with Gasteiger partial charge in [0.05, 0.1) is 24.7 Å². The van der Waals surface area contributed by atoms with Crippen molar-refractivity contribution in [3.63, 3.8) is 0 Å². The Morgan fingerprint density at radius 1 is 0.867 bits per heavy atom. The average molecular weight is 445 g/mol. The Morgan fingerprint density at radius 3 is 2.00 bits per heavy atom. The first-order valence-electron chi connectivity index (χ1n) is 12.1. The number of fused-ring (bicyclic) bond motifs is 1. The molecule has 6 nitrogen and oxygen atoms in total. The number of carbonyl (C=O) groups is 1. The zero-order chi connectivity index (χ0) is 21.7. The standard InChI is InChI=1S/C23H41O6P/c1-3-5-6-7-8-9-10-11-12-13-14-15-16-17-27-30(25)28-19-20-18-26-23(24)22(20)21(4-2)29-30/h20H,3-19H2,1-2H3/t20-,30+/m0/s1.